The van der Waals surface area contributed by atoms with Crippen molar-refractivity contribution >= 4 is 0 Å². The normalized spacial score (nSPS) is 23.3. The van der Waals surface area contributed by atoms with Gasteiger partial charge in [0.2, 0.25) is 0 Å². The van der Waals surface area contributed by atoms with E-state index in [1.54, 1.807) is 0 Å². The first kappa shape index (κ1) is 16.2. The molecule has 1 aromatic carbocycles. The lowest BCUT2D eigenvalue weighted by Crippen LogP contribution is -2.34. The Labute approximate surface area is 121 Å². The topological polar surface area (TPSA) is 32.3 Å². The van der Waals surface area contributed by atoms with Crippen LogP contribution in [0.25, 0.3) is 0 Å². The summed E-state index contributed by atoms with van der Waals surface area (Å²) < 4.78 is 51.6. The van der Waals surface area contributed by atoms with Crippen molar-refractivity contribution in [1.82, 2.24) is 5.32 Å². The highest BCUT2D eigenvalue weighted by atomic mass is 19.4. The quantitative estimate of drug-likeness (QED) is 0.835. The third-order valence-electron chi connectivity index (χ3n) is 4.06. The van der Waals surface area contributed by atoms with Crippen molar-refractivity contribution in [2.24, 2.45) is 5.92 Å². The third-order valence-corrected chi connectivity index (χ3v) is 4.06. The van der Waals surface area contributed by atoms with E-state index < -0.39 is 17.6 Å². The number of aliphatic hydroxyl groups is 1. The van der Waals surface area contributed by atoms with Crippen LogP contribution in [-0.2, 0) is 12.7 Å². The maximum Gasteiger partial charge on any atom is 0.416 e. The minimum Gasteiger partial charge on any atom is -0.396 e. The molecule has 1 aliphatic carbocycles. The number of hydrogen-bond donors (Lipinski definition) is 2. The lowest BCUT2D eigenvalue weighted by Gasteiger charge is -2.28. The van der Waals surface area contributed by atoms with Gasteiger partial charge >= 0.3 is 6.18 Å². The number of alkyl halides is 3. The maximum absolute atomic E-state index is 13.0. The van der Waals surface area contributed by atoms with Crippen LogP contribution in [0.1, 0.15) is 36.8 Å². The Balaban J connectivity index is 1.97. The molecule has 2 N–H and O–H groups in total. The minimum atomic E-state index is -4.55. The van der Waals surface area contributed by atoms with Gasteiger partial charge < -0.3 is 10.4 Å². The van der Waals surface area contributed by atoms with Gasteiger partial charge in [0.15, 0.2) is 0 Å². The van der Waals surface area contributed by atoms with E-state index >= 15 is 0 Å². The molecule has 0 saturated heterocycles. The molecule has 1 aliphatic rings. The number of aliphatic hydroxyl groups excluding tert-OH is 1. The molecular formula is C15H19F4NO. The Hall–Kier alpha value is -1.14. The zero-order chi connectivity index (χ0) is 15.5. The van der Waals surface area contributed by atoms with Gasteiger partial charge in [-0.05, 0) is 49.3 Å². The van der Waals surface area contributed by atoms with Gasteiger partial charge in [-0.1, -0.05) is 6.07 Å². The van der Waals surface area contributed by atoms with Gasteiger partial charge in [0, 0.05) is 19.2 Å². The van der Waals surface area contributed by atoms with Crippen LogP contribution in [0.4, 0.5) is 17.6 Å². The van der Waals surface area contributed by atoms with Crippen molar-refractivity contribution in [1.29, 1.82) is 0 Å². The second-order valence-electron chi connectivity index (χ2n) is 5.58. The van der Waals surface area contributed by atoms with E-state index in [0.717, 1.165) is 31.7 Å². The highest BCUT2D eigenvalue weighted by Gasteiger charge is 2.33. The summed E-state index contributed by atoms with van der Waals surface area (Å²) in [5.74, 6) is -0.575. The molecule has 0 unspecified atom stereocenters. The molecule has 1 saturated carbocycles. The number of rotatable bonds is 4. The van der Waals surface area contributed by atoms with E-state index in [4.69, 9.17) is 5.11 Å². The fourth-order valence-corrected chi connectivity index (χ4v) is 2.77. The van der Waals surface area contributed by atoms with Crippen molar-refractivity contribution in [2.45, 2.75) is 44.4 Å². The molecule has 6 heteroatoms. The van der Waals surface area contributed by atoms with E-state index in [1.165, 1.54) is 6.07 Å². The summed E-state index contributed by atoms with van der Waals surface area (Å²) in [5.41, 5.74) is -0.854. The van der Waals surface area contributed by atoms with Crippen molar-refractivity contribution < 1.29 is 22.7 Å². The first-order chi connectivity index (χ1) is 9.90. The zero-order valence-corrected chi connectivity index (χ0v) is 11.6. The summed E-state index contributed by atoms with van der Waals surface area (Å²) in [6.45, 7) is 0.243. The van der Waals surface area contributed by atoms with Crippen LogP contribution in [0.2, 0.25) is 0 Å². The highest BCUT2D eigenvalue weighted by molar-refractivity contribution is 5.30. The molecule has 0 aliphatic heterocycles. The van der Waals surface area contributed by atoms with Crippen LogP contribution in [0, 0.1) is 11.7 Å². The molecule has 2 rings (SSSR count). The number of halogens is 4. The first-order valence-corrected chi connectivity index (χ1v) is 7.10. The molecule has 1 aromatic rings. The summed E-state index contributed by atoms with van der Waals surface area (Å²) in [5, 5.41) is 12.2. The second kappa shape index (κ2) is 6.75. The van der Waals surface area contributed by atoms with Crippen LogP contribution < -0.4 is 5.32 Å². The molecule has 21 heavy (non-hydrogen) atoms. The Bertz CT molecular complexity index is 467. The molecule has 1 fully saturated rings. The summed E-state index contributed by atoms with van der Waals surface area (Å²) in [4.78, 5) is 0. The lowest BCUT2D eigenvalue weighted by molar-refractivity contribution is -0.138. The Morgan fingerprint density at radius 3 is 2.38 bits per heavy atom. The monoisotopic (exact) mass is 305 g/mol. The molecular weight excluding hydrogens is 286 g/mol. The predicted octanol–water partition coefficient (Wildman–Crippen LogP) is 3.49. The van der Waals surface area contributed by atoms with Crippen LogP contribution in [0.5, 0.6) is 0 Å². The van der Waals surface area contributed by atoms with Gasteiger partial charge in [0.1, 0.15) is 5.82 Å². The van der Waals surface area contributed by atoms with Gasteiger partial charge in [0.05, 0.1) is 5.56 Å². The van der Waals surface area contributed by atoms with Gasteiger partial charge in [-0.25, -0.2) is 4.39 Å². The largest absolute Gasteiger partial charge is 0.416 e. The molecule has 0 radical (unpaired) electrons. The smallest absolute Gasteiger partial charge is 0.396 e. The van der Waals surface area contributed by atoms with Crippen molar-refractivity contribution in [2.75, 3.05) is 6.61 Å². The third kappa shape index (κ3) is 4.41. The van der Waals surface area contributed by atoms with Gasteiger partial charge in [-0.15, -0.1) is 0 Å². The maximum atomic E-state index is 13.0. The molecule has 118 valence electrons. The van der Waals surface area contributed by atoms with E-state index in [9.17, 15) is 17.6 Å². The Kier molecular flexibility index (Phi) is 5.22. The average molecular weight is 305 g/mol. The molecule has 0 bridgehead atoms. The van der Waals surface area contributed by atoms with Crippen LogP contribution in [0.3, 0.4) is 0 Å². The number of nitrogens with one attached hydrogen (secondary N) is 1. The zero-order valence-electron chi connectivity index (χ0n) is 11.6. The molecule has 0 atom stereocenters. The number of hydrogen-bond acceptors (Lipinski definition) is 2. The van der Waals surface area contributed by atoms with Crippen LogP contribution in [-0.4, -0.2) is 17.8 Å². The molecule has 0 amide bonds. The van der Waals surface area contributed by atoms with E-state index in [0.29, 0.717) is 12.0 Å². The summed E-state index contributed by atoms with van der Waals surface area (Å²) in [7, 11) is 0. The summed E-state index contributed by atoms with van der Waals surface area (Å²) in [6.07, 6.45) is -1.11. The van der Waals surface area contributed by atoms with E-state index in [1.807, 2.05) is 0 Å². The van der Waals surface area contributed by atoms with Gasteiger partial charge in [-0.3, -0.25) is 0 Å². The van der Waals surface area contributed by atoms with Crippen molar-refractivity contribution in [3.8, 4) is 0 Å². The fourth-order valence-electron chi connectivity index (χ4n) is 2.77. The molecule has 2 nitrogen and oxygen atoms in total. The summed E-state index contributed by atoms with van der Waals surface area (Å²) in [6, 6.07) is 2.93. The predicted molar refractivity (Wildman–Crippen MR) is 71.1 cm³/mol. The van der Waals surface area contributed by atoms with Crippen LogP contribution in [0.15, 0.2) is 18.2 Å². The van der Waals surface area contributed by atoms with Gasteiger partial charge in [0.25, 0.3) is 0 Å². The second-order valence-corrected chi connectivity index (χ2v) is 5.58. The SMILES string of the molecule is OCC1CCC(NCc2ccc(F)cc2C(F)(F)F)CC1. The molecule has 0 aromatic heterocycles. The Morgan fingerprint density at radius 1 is 1.14 bits per heavy atom. The van der Waals surface area contributed by atoms with Crippen molar-refractivity contribution in [3.63, 3.8) is 0 Å². The molecule has 0 heterocycles. The van der Waals surface area contributed by atoms with Crippen molar-refractivity contribution in [3.05, 3.63) is 35.1 Å². The highest BCUT2D eigenvalue weighted by Crippen LogP contribution is 2.33. The van der Waals surface area contributed by atoms with Crippen LogP contribution >= 0.6 is 0 Å². The average Bonchev–Trinajstić information content (AvgIpc) is 2.45. The standard InChI is InChI=1S/C15H19F4NO/c16-12-4-3-11(14(7-12)15(17,18)19)8-20-13-5-1-10(9-21)2-6-13/h3-4,7,10,13,20-21H,1-2,5-6,8-9H2. The fraction of sp³-hybridized carbons (Fsp3) is 0.600. The lowest BCUT2D eigenvalue weighted by atomic mass is 9.86. The van der Waals surface area contributed by atoms with E-state index in [2.05, 4.69) is 5.32 Å². The number of benzene rings is 1. The Morgan fingerprint density at radius 2 is 1.81 bits per heavy atom. The summed E-state index contributed by atoms with van der Waals surface area (Å²) >= 11 is 0. The van der Waals surface area contributed by atoms with E-state index in [-0.39, 0.29) is 24.8 Å². The minimum absolute atomic E-state index is 0.0631. The van der Waals surface area contributed by atoms with Gasteiger partial charge in [-0.2, -0.15) is 13.2 Å². The molecule has 0 spiro atoms. The first-order valence-electron chi connectivity index (χ1n) is 7.10.